The standard InChI is InChI=1S/C13H16FN2O13P3S/c14-6-1-5-2-7(13(33)16-12(5)15-3-6)11-10(18)9(17)8(27-11)4-26-31(22,23)29-32(24,25)28-30(19,20)21/h1-3,8-11,17-18H,4H2,(H,22,23)(H,24,25)(H,15,16,33)(H2,19,20,21)/t8-,9+,10?,11+/m1/s1. The second kappa shape index (κ2) is 9.57. The van der Waals surface area contributed by atoms with Crippen LogP contribution in [0.2, 0.25) is 0 Å². The van der Waals surface area contributed by atoms with Gasteiger partial charge >= 0.3 is 23.5 Å². The molecule has 3 aliphatic rings. The van der Waals surface area contributed by atoms with E-state index in [2.05, 4.69) is 23.1 Å². The van der Waals surface area contributed by atoms with Crippen LogP contribution in [0.3, 0.4) is 0 Å². The number of phosphoric ester groups is 1. The van der Waals surface area contributed by atoms with E-state index in [1.54, 1.807) is 0 Å². The summed E-state index contributed by atoms with van der Waals surface area (Å²) >= 11 is 5.14. The zero-order chi connectivity index (χ0) is 24.8. The van der Waals surface area contributed by atoms with E-state index in [1.807, 2.05) is 0 Å². The van der Waals surface area contributed by atoms with Crippen molar-refractivity contribution in [2.45, 2.75) is 24.4 Å². The summed E-state index contributed by atoms with van der Waals surface area (Å²) in [4.78, 5) is 42.3. The van der Waals surface area contributed by atoms with E-state index in [-0.39, 0.29) is 21.6 Å². The molecule has 15 nitrogen and oxygen atoms in total. The van der Waals surface area contributed by atoms with Crippen LogP contribution in [0.25, 0.3) is 11.4 Å². The van der Waals surface area contributed by atoms with Gasteiger partial charge in [0.1, 0.15) is 40.7 Å². The molecular formula is C13H16FN2O13P3S. The van der Waals surface area contributed by atoms with E-state index in [0.717, 1.165) is 12.3 Å². The number of ether oxygens (including phenoxy) is 1. The molecule has 3 aliphatic heterocycles. The number of nitrogens with one attached hydrogen (secondary N) is 1. The van der Waals surface area contributed by atoms with Crippen molar-refractivity contribution in [2.24, 2.45) is 0 Å². The molecule has 0 aromatic carbocycles. The van der Waals surface area contributed by atoms with Crippen molar-refractivity contribution < 1.29 is 65.8 Å². The second-order valence-corrected chi connectivity index (χ2v) is 11.4. The first-order chi connectivity index (χ1) is 15.1. The molecular weight excluding hydrogens is 536 g/mol. The minimum absolute atomic E-state index is 0.0601. The Morgan fingerprint density at radius 2 is 1.76 bits per heavy atom. The van der Waals surface area contributed by atoms with E-state index in [9.17, 15) is 33.2 Å². The number of pyridine rings is 2. The van der Waals surface area contributed by atoms with E-state index in [4.69, 9.17) is 31.6 Å². The number of hydrogen-bond donors (Lipinski definition) is 7. The number of rotatable bonds is 8. The van der Waals surface area contributed by atoms with Crippen molar-refractivity contribution in [3.8, 4) is 11.4 Å². The molecule has 0 aromatic heterocycles. The molecule has 1 fully saturated rings. The van der Waals surface area contributed by atoms with Gasteiger partial charge in [-0.25, -0.2) is 23.1 Å². The number of aliphatic hydroxyl groups is 2. The van der Waals surface area contributed by atoms with Crippen LogP contribution in [0.15, 0.2) is 18.3 Å². The summed E-state index contributed by atoms with van der Waals surface area (Å²) in [5.41, 5.74) is 0.351. The van der Waals surface area contributed by atoms with Crippen LogP contribution in [-0.4, -0.2) is 64.7 Å². The van der Waals surface area contributed by atoms with E-state index < -0.39 is 60.3 Å². The monoisotopic (exact) mass is 552 g/mol. The number of H-pyrrole nitrogens is 1. The van der Waals surface area contributed by atoms with Crippen LogP contribution >= 0.6 is 35.7 Å². The lowest BCUT2D eigenvalue weighted by Crippen LogP contribution is -2.33. The van der Waals surface area contributed by atoms with Gasteiger partial charge in [0.05, 0.1) is 6.61 Å². The first kappa shape index (κ1) is 26.6. The highest BCUT2D eigenvalue weighted by Crippen LogP contribution is 2.66. The Bertz CT molecular complexity index is 1210. The van der Waals surface area contributed by atoms with E-state index >= 15 is 0 Å². The normalized spacial score (nSPS) is 27.4. The topological polar surface area (TPSA) is 238 Å². The smallest absolute Gasteiger partial charge is 0.387 e. The summed E-state index contributed by atoms with van der Waals surface area (Å²) in [6.07, 6.45) is -5.13. The van der Waals surface area contributed by atoms with Crippen LogP contribution < -0.4 is 0 Å². The maximum atomic E-state index is 13.5. The number of halogens is 1. The summed E-state index contributed by atoms with van der Waals surface area (Å²) in [6.45, 7) is -0.991. The van der Waals surface area contributed by atoms with Crippen molar-refractivity contribution >= 4 is 35.7 Å². The lowest BCUT2D eigenvalue weighted by molar-refractivity contribution is -0.0224. The molecule has 20 heteroatoms. The maximum Gasteiger partial charge on any atom is 0.490 e. The van der Waals surface area contributed by atoms with Crippen LogP contribution in [0.5, 0.6) is 0 Å². The van der Waals surface area contributed by atoms with Gasteiger partial charge < -0.3 is 39.5 Å². The van der Waals surface area contributed by atoms with Crippen molar-refractivity contribution in [3.63, 3.8) is 0 Å². The lowest BCUT2D eigenvalue weighted by Gasteiger charge is -2.19. The fraction of sp³-hybridized carbons (Fsp3) is 0.385. The third-order valence-electron chi connectivity index (χ3n) is 4.17. The number of aliphatic hydroxyl groups excluding tert-OH is 2. The number of aromatic nitrogens is 2. The van der Waals surface area contributed by atoms with Gasteiger partial charge in [0.2, 0.25) is 0 Å². The van der Waals surface area contributed by atoms with Crippen molar-refractivity contribution in [1.82, 2.24) is 9.97 Å². The number of hydrogen-bond acceptors (Lipinski definition) is 11. The number of fused-ring (bicyclic) bond motifs is 1. The zero-order valence-corrected chi connectivity index (χ0v) is 19.4. The largest absolute Gasteiger partial charge is 0.490 e. The average Bonchev–Trinajstić information content (AvgIpc) is 2.91. The molecule has 0 bridgehead atoms. The predicted octanol–water partition coefficient (Wildman–Crippen LogP) is 0.888. The number of phosphoric acid groups is 3. The van der Waals surface area contributed by atoms with Crippen LogP contribution in [0.1, 0.15) is 11.7 Å². The SMILES string of the molecule is O=P(O)(O)OP(=O)(O)OP(=O)(O)OC[C@H]1O[C@@H](c2cc3cc(F)c[nH]c-3nc2=S)C(O)[C@H]1O. The highest BCUT2D eigenvalue weighted by atomic mass is 32.1. The zero-order valence-electron chi connectivity index (χ0n) is 15.9. The Balaban J connectivity index is 1.73. The van der Waals surface area contributed by atoms with Gasteiger partial charge in [-0.2, -0.15) is 8.62 Å². The molecule has 33 heavy (non-hydrogen) atoms. The van der Waals surface area contributed by atoms with Gasteiger partial charge in [-0.15, -0.1) is 0 Å². The van der Waals surface area contributed by atoms with Crippen LogP contribution in [-0.2, 0) is 31.6 Å². The molecule has 6 atom stereocenters. The predicted molar refractivity (Wildman–Crippen MR) is 105 cm³/mol. The lowest BCUT2D eigenvalue weighted by atomic mass is 10.0. The third kappa shape index (κ3) is 6.78. The maximum absolute atomic E-state index is 13.5. The highest BCUT2D eigenvalue weighted by molar-refractivity contribution is 7.71. The molecule has 3 heterocycles. The summed E-state index contributed by atoms with van der Waals surface area (Å²) < 4.78 is 64.2. The number of aromatic amines is 1. The first-order valence-electron chi connectivity index (χ1n) is 8.56. The molecule has 0 saturated carbocycles. The number of nitrogens with zero attached hydrogens (tertiary/aromatic N) is 1. The van der Waals surface area contributed by atoms with Crippen molar-refractivity contribution in [3.05, 3.63) is 34.4 Å². The summed E-state index contributed by atoms with van der Waals surface area (Å²) in [5, 5.41) is 20.5. The Kier molecular flexibility index (Phi) is 7.71. The molecule has 0 radical (unpaired) electrons. The van der Waals surface area contributed by atoms with Crippen LogP contribution in [0.4, 0.5) is 4.39 Å². The molecule has 184 valence electrons. The Morgan fingerprint density at radius 1 is 1.09 bits per heavy atom. The molecule has 3 rings (SSSR count). The summed E-state index contributed by atoms with van der Waals surface area (Å²) in [7, 11) is -16.8. The second-order valence-electron chi connectivity index (χ2n) is 6.60. The average molecular weight is 552 g/mol. The molecule has 0 spiro atoms. The van der Waals surface area contributed by atoms with Gasteiger partial charge in [0, 0.05) is 17.3 Å². The highest BCUT2D eigenvalue weighted by Gasteiger charge is 2.46. The quantitative estimate of drug-likeness (QED) is 0.178. The van der Waals surface area contributed by atoms with Gasteiger partial charge in [0.15, 0.2) is 0 Å². The van der Waals surface area contributed by atoms with Crippen LogP contribution in [0, 0.1) is 10.5 Å². The first-order valence-corrected chi connectivity index (χ1v) is 13.5. The van der Waals surface area contributed by atoms with Gasteiger partial charge in [-0.05, 0) is 12.1 Å². The minimum Gasteiger partial charge on any atom is -0.387 e. The molecule has 3 unspecified atom stereocenters. The van der Waals surface area contributed by atoms with Gasteiger partial charge in [-0.3, -0.25) is 4.52 Å². The summed E-state index contributed by atoms with van der Waals surface area (Å²) in [6, 6.07) is 2.48. The van der Waals surface area contributed by atoms with E-state index in [0.29, 0.717) is 0 Å². The molecule has 0 aromatic rings. The Morgan fingerprint density at radius 3 is 2.39 bits per heavy atom. The Labute approximate surface area is 188 Å². The molecule has 0 amide bonds. The molecule has 0 aliphatic carbocycles. The minimum atomic E-state index is -5.73. The molecule has 7 N–H and O–H groups in total. The van der Waals surface area contributed by atoms with Gasteiger partial charge in [-0.1, -0.05) is 12.2 Å². The van der Waals surface area contributed by atoms with Crippen molar-refractivity contribution in [2.75, 3.05) is 6.61 Å². The Hall–Kier alpha value is -1.00. The fourth-order valence-electron chi connectivity index (χ4n) is 2.90. The molecule has 1 saturated heterocycles. The third-order valence-corrected chi connectivity index (χ3v) is 8.30. The summed E-state index contributed by atoms with van der Waals surface area (Å²) in [5.74, 6) is -0.378. The van der Waals surface area contributed by atoms with Crippen molar-refractivity contribution in [1.29, 1.82) is 0 Å². The fourth-order valence-corrected chi connectivity index (χ4v) is 6.20. The van der Waals surface area contributed by atoms with E-state index in [1.165, 1.54) is 6.07 Å². The van der Waals surface area contributed by atoms with Gasteiger partial charge in [0.25, 0.3) is 0 Å².